The van der Waals surface area contributed by atoms with E-state index in [-0.39, 0.29) is 11.2 Å². The van der Waals surface area contributed by atoms with Gasteiger partial charge in [-0.05, 0) is 55.5 Å². The third kappa shape index (κ3) is 2.22. The van der Waals surface area contributed by atoms with E-state index in [0.717, 1.165) is 47.0 Å². The van der Waals surface area contributed by atoms with E-state index in [1.807, 2.05) is 42.1 Å². The first-order valence-electron chi connectivity index (χ1n) is 8.98. The number of aromatic amines is 1. The van der Waals surface area contributed by atoms with E-state index in [1.54, 1.807) is 11.3 Å². The summed E-state index contributed by atoms with van der Waals surface area (Å²) in [5.74, 6) is 0. The molecule has 6 heteroatoms. The third-order valence-corrected chi connectivity index (χ3v) is 6.60. The molecule has 3 aromatic heterocycles. The summed E-state index contributed by atoms with van der Waals surface area (Å²) in [6, 6.07) is 7.70. The fourth-order valence-electron chi connectivity index (χ4n) is 4.06. The molecule has 1 N–H and O–H groups in total. The second-order valence-electron chi connectivity index (χ2n) is 7.01. The molecule has 0 fully saturated rings. The Morgan fingerprint density at radius 3 is 2.81 bits per heavy atom. The molecule has 1 aliphatic rings. The van der Waals surface area contributed by atoms with Crippen LogP contribution in [0.4, 0.5) is 0 Å². The molecule has 0 saturated heterocycles. The molecule has 0 spiro atoms. The van der Waals surface area contributed by atoms with E-state index in [4.69, 9.17) is 0 Å². The van der Waals surface area contributed by atoms with Crippen molar-refractivity contribution in [2.45, 2.75) is 32.1 Å². The summed E-state index contributed by atoms with van der Waals surface area (Å²) in [6.45, 7) is 0. The highest BCUT2D eigenvalue weighted by Crippen LogP contribution is 2.32. The molecule has 0 amide bonds. The number of fused-ring (bicyclic) bond motifs is 4. The van der Waals surface area contributed by atoms with Crippen molar-refractivity contribution in [3.8, 4) is 5.69 Å². The van der Waals surface area contributed by atoms with Crippen LogP contribution < -0.4 is 11.2 Å². The van der Waals surface area contributed by atoms with Crippen LogP contribution in [-0.2, 0) is 19.9 Å². The van der Waals surface area contributed by atoms with Gasteiger partial charge in [-0.25, -0.2) is 9.36 Å². The Morgan fingerprint density at radius 1 is 1.08 bits per heavy atom. The molecule has 132 valence electrons. The zero-order chi connectivity index (χ0) is 17.8. The first kappa shape index (κ1) is 15.6. The standard InChI is InChI=1S/C20H19N3O2S/c1-22-10-9-12-11-13(7-8-15(12)22)23-19(24)17-14-5-3-2-4-6-16(14)26-18(17)21-20(23)25/h7-11H,2-6H2,1H3,(H,21,25). The fourth-order valence-corrected chi connectivity index (χ4v) is 5.33. The highest BCUT2D eigenvalue weighted by Gasteiger charge is 2.20. The third-order valence-electron chi connectivity index (χ3n) is 5.39. The monoisotopic (exact) mass is 365 g/mol. The van der Waals surface area contributed by atoms with Crippen LogP contribution in [0.25, 0.3) is 26.8 Å². The Bertz CT molecular complexity index is 1270. The lowest BCUT2D eigenvalue weighted by molar-refractivity contribution is 0.713. The van der Waals surface area contributed by atoms with Gasteiger partial charge < -0.3 is 4.57 Å². The quantitative estimate of drug-likeness (QED) is 0.525. The molecule has 0 unspecified atom stereocenters. The number of benzene rings is 1. The Morgan fingerprint density at radius 2 is 1.92 bits per heavy atom. The van der Waals surface area contributed by atoms with Crippen LogP contribution >= 0.6 is 11.3 Å². The van der Waals surface area contributed by atoms with Gasteiger partial charge in [0.2, 0.25) is 0 Å². The second kappa shape index (κ2) is 5.71. The van der Waals surface area contributed by atoms with E-state index >= 15 is 0 Å². The molecule has 5 nitrogen and oxygen atoms in total. The van der Waals surface area contributed by atoms with Crippen LogP contribution in [0.1, 0.15) is 29.7 Å². The van der Waals surface area contributed by atoms with Gasteiger partial charge in [0.15, 0.2) is 0 Å². The maximum atomic E-state index is 13.3. The maximum absolute atomic E-state index is 13.3. The van der Waals surface area contributed by atoms with Crippen molar-refractivity contribution < 1.29 is 0 Å². The molecule has 1 aromatic carbocycles. The number of H-pyrrole nitrogens is 1. The maximum Gasteiger partial charge on any atom is 0.334 e. The van der Waals surface area contributed by atoms with Crippen molar-refractivity contribution in [1.82, 2.24) is 14.1 Å². The molecule has 1 aliphatic carbocycles. The smallest absolute Gasteiger partial charge is 0.334 e. The number of hydrogen-bond donors (Lipinski definition) is 1. The predicted molar refractivity (Wildman–Crippen MR) is 106 cm³/mol. The lowest BCUT2D eigenvalue weighted by atomic mass is 10.1. The van der Waals surface area contributed by atoms with Gasteiger partial charge in [0.1, 0.15) is 4.83 Å². The van der Waals surface area contributed by atoms with Crippen LogP contribution in [-0.4, -0.2) is 14.1 Å². The van der Waals surface area contributed by atoms with E-state index < -0.39 is 0 Å². The Balaban J connectivity index is 1.80. The zero-order valence-corrected chi connectivity index (χ0v) is 15.4. The molecule has 0 bridgehead atoms. The minimum absolute atomic E-state index is 0.196. The number of hydrogen-bond acceptors (Lipinski definition) is 3. The fraction of sp³-hybridized carbons (Fsp3) is 0.300. The minimum atomic E-state index is -0.366. The Labute approximate surface area is 153 Å². The summed E-state index contributed by atoms with van der Waals surface area (Å²) < 4.78 is 3.31. The number of aromatic nitrogens is 3. The van der Waals surface area contributed by atoms with Crippen molar-refractivity contribution >= 4 is 32.5 Å². The first-order valence-corrected chi connectivity index (χ1v) is 9.80. The number of aryl methyl sites for hydroxylation is 3. The number of nitrogens with zero attached hydrogens (tertiary/aromatic N) is 2. The molecule has 5 rings (SSSR count). The largest absolute Gasteiger partial charge is 0.351 e. The van der Waals surface area contributed by atoms with Crippen LogP contribution in [0, 0.1) is 0 Å². The molecule has 26 heavy (non-hydrogen) atoms. The van der Waals surface area contributed by atoms with Crippen LogP contribution in [0.15, 0.2) is 40.1 Å². The summed E-state index contributed by atoms with van der Waals surface area (Å²) in [5, 5.41) is 1.72. The van der Waals surface area contributed by atoms with E-state index in [2.05, 4.69) is 4.98 Å². The summed E-state index contributed by atoms with van der Waals surface area (Å²) in [5.41, 5.74) is 2.28. The molecule has 4 aromatic rings. The SMILES string of the molecule is Cn1ccc2cc(-n3c(=O)[nH]c4sc5c(c4c3=O)CCCCC5)ccc21. The van der Waals surface area contributed by atoms with Crippen molar-refractivity contribution in [2.24, 2.45) is 7.05 Å². The molecule has 0 atom stereocenters. The molecular weight excluding hydrogens is 346 g/mol. The van der Waals surface area contributed by atoms with Gasteiger partial charge in [-0.2, -0.15) is 0 Å². The van der Waals surface area contributed by atoms with Crippen LogP contribution in [0.5, 0.6) is 0 Å². The highest BCUT2D eigenvalue weighted by atomic mass is 32.1. The lowest BCUT2D eigenvalue weighted by Crippen LogP contribution is -2.33. The topological polar surface area (TPSA) is 59.8 Å². The van der Waals surface area contributed by atoms with Gasteiger partial charge in [-0.3, -0.25) is 9.78 Å². The summed E-state index contributed by atoms with van der Waals surface area (Å²) in [4.78, 5) is 30.9. The van der Waals surface area contributed by atoms with Crippen molar-refractivity contribution in [2.75, 3.05) is 0 Å². The van der Waals surface area contributed by atoms with Gasteiger partial charge in [-0.1, -0.05) is 6.42 Å². The normalized spacial score (nSPS) is 14.7. The number of nitrogens with one attached hydrogen (secondary N) is 1. The van der Waals surface area contributed by atoms with Gasteiger partial charge in [0.05, 0.1) is 11.1 Å². The average Bonchev–Trinajstić information content (AvgIpc) is 3.07. The summed E-state index contributed by atoms with van der Waals surface area (Å²) in [7, 11) is 1.98. The highest BCUT2D eigenvalue weighted by molar-refractivity contribution is 7.18. The predicted octanol–water partition coefficient (Wildman–Crippen LogP) is 3.50. The summed E-state index contributed by atoms with van der Waals surface area (Å²) >= 11 is 1.58. The van der Waals surface area contributed by atoms with Crippen LogP contribution in [0.2, 0.25) is 0 Å². The second-order valence-corrected chi connectivity index (χ2v) is 8.11. The van der Waals surface area contributed by atoms with Crippen LogP contribution in [0.3, 0.4) is 0 Å². The lowest BCUT2D eigenvalue weighted by Gasteiger charge is -2.07. The van der Waals surface area contributed by atoms with Gasteiger partial charge in [-0.15, -0.1) is 11.3 Å². The molecule has 3 heterocycles. The zero-order valence-electron chi connectivity index (χ0n) is 14.5. The van der Waals surface area contributed by atoms with Gasteiger partial charge >= 0.3 is 5.69 Å². The van der Waals surface area contributed by atoms with E-state index in [0.29, 0.717) is 11.1 Å². The average molecular weight is 365 g/mol. The van der Waals surface area contributed by atoms with Gasteiger partial charge in [0, 0.05) is 29.0 Å². The molecular formula is C20H19N3O2S. The Kier molecular flexibility index (Phi) is 3.43. The van der Waals surface area contributed by atoms with E-state index in [1.165, 1.54) is 15.9 Å². The van der Waals surface area contributed by atoms with Crippen molar-refractivity contribution in [3.63, 3.8) is 0 Å². The Hall–Kier alpha value is -2.60. The van der Waals surface area contributed by atoms with Crippen molar-refractivity contribution in [1.29, 1.82) is 0 Å². The van der Waals surface area contributed by atoms with Gasteiger partial charge in [0.25, 0.3) is 5.56 Å². The van der Waals surface area contributed by atoms with Crippen molar-refractivity contribution in [3.05, 3.63) is 61.7 Å². The molecule has 0 saturated carbocycles. The number of rotatable bonds is 1. The van der Waals surface area contributed by atoms with E-state index in [9.17, 15) is 9.59 Å². The molecule has 0 aliphatic heterocycles. The number of thiophene rings is 1. The first-order chi connectivity index (χ1) is 12.6. The summed E-state index contributed by atoms with van der Waals surface area (Å²) in [6.07, 6.45) is 7.37. The molecule has 0 radical (unpaired) electrons. The minimum Gasteiger partial charge on any atom is -0.351 e.